The van der Waals surface area contributed by atoms with Gasteiger partial charge in [-0.1, -0.05) is 6.08 Å². The summed E-state index contributed by atoms with van der Waals surface area (Å²) in [7, 11) is 0. The number of hydrogen-bond acceptors (Lipinski definition) is 2. The predicted octanol–water partition coefficient (Wildman–Crippen LogP) is 2.81. The molecule has 0 radical (unpaired) electrons. The lowest BCUT2D eigenvalue weighted by Crippen LogP contribution is -2.11. The van der Waals surface area contributed by atoms with Gasteiger partial charge in [0.15, 0.2) is 0 Å². The molecule has 0 saturated heterocycles. The van der Waals surface area contributed by atoms with E-state index < -0.39 is 0 Å². The first-order chi connectivity index (χ1) is 6.24. The van der Waals surface area contributed by atoms with E-state index in [1.165, 1.54) is 0 Å². The number of rotatable bonds is 4. The van der Waals surface area contributed by atoms with Crippen LogP contribution in [-0.2, 0) is 0 Å². The number of pyridine rings is 1. The first-order valence-corrected chi connectivity index (χ1v) is 5.01. The third-order valence-electron chi connectivity index (χ3n) is 1.81. The van der Waals surface area contributed by atoms with Gasteiger partial charge in [-0.05, 0) is 40.9 Å². The number of aromatic nitrogens is 1. The Balaban J connectivity index is 2.60. The molecule has 0 aliphatic rings. The molecule has 1 aromatic heterocycles. The van der Waals surface area contributed by atoms with Crippen molar-refractivity contribution in [1.29, 1.82) is 0 Å². The van der Waals surface area contributed by atoms with Gasteiger partial charge in [-0.3, -0.25) is 4.98 Å². The molecule has 0 saturated carbocycles. The Kier molecular flexibility index (Phi) is 4.12. The lowest BCUT2D eigenvalue weighted by atomic mass is 10.1. The van der Waals surface area contributed by atoms with Crippen LogP contribution in [0, 0.1) is 0 Å². The lowest BCUT2D eigenvalue weighted by Gasteiger charge is -2.08. The minimum Gasteiger partial charge on any atom is -0.323 e. The van der Waals surface area contributed by atoms with Crippen molar-refractivity contribution in [3.05, 3.63) is 41.2 Å². The summed E-state index contributed by atoms with van der Waals surface area (Å²) in [5.41, 5.74) is 6.84. The van der Waals surface area contributed by atoms with Crippen molar-refractivity contribution < 1.29 is 0 Å². The summed E-state index contributed by atoms with van der Waals surface area (Å²) in [6.07, 6.45) is 5.47. The Hall–Kier alpha value is -0.670. The van der Waals surface area contributed by atoms with Crippen LogP contribution in [0.4, 0.5) is 0 Å². The molecule has 13 heavy (non-hydrogen) atoms. The maximum absolute atomic E-state index is 5.91. The highest BCUT2D eigenvalue weighted by Crippen LogP contribution is 2.15. The molecule has 2 nitrogen and oxygen atoms in total. The number of halogens is 1. The summed E-state index contributed by atoms with van der Waals surface area (Å²) < 4.78 is 0.979. The first kappa shape index (κ1) is 10.4. The highest BCUT2D eigenvalue weighted by molar-refractivity contribution is 9.10. The van der Waals surface area contributed by atoms with Crippen LogP contribution in [0.5, 0.6) is 0 Å². The molecule has 0 amide bonds. The zero-order valence-corrected chi connectivity index (χ0v) is 9.00. The molecule has 0 aliphatic heterocycles. The Bertz CT molecular complexity index is 269. The fourth-order valence-electron chi connectivity index (χ4n) is 1.05. The fourth-order valence-corrected chi connectivity index (χ4v) is 1.29. The highest BCUT2D eigenvalue weighted by atomic mass is 79.9. The second kappa shape index (κ2) is 5.14. The number of allylic oxidation sites excluding steroid dienone is 1. The molecule has 1 aromatic rings. The topological polar surface area (TPSA) is 38.9 Å². The van der Waals surface area contributed by atoms with Crippen molar-refractivity contribution >= 4 is 15.9 Å². The Labute approximate surface area is 87.0 Å². The normalized spacial score (nSPS) is 12.5. The number of hydrogen-bond donors (Lipinski definition) is 1. The summed E-state index contributed by atoms with van der Waals surface area (Å²) >= 11 is 3.33. The molecule has 1 rings (SSSR count). The van der Waals surface area contributed by atoms with Gasteiger partial charge in [0.1, 0.15) is 0 Å². The van der Waals surface area contributed by atoms with E-state index in [0.717, 1.165) is 23.0 Å². The fraction of sp³-hybridized carbons (Fsp3) is 0.300. The summed E-state index contributed by atoms with van der Waals surface area (Å²) in [5, 5.41) is 0. The summed E-state index contributed by atoms with van der Waals surface area (Å²) in [5.74, 6) is 0. The molecule has 0 spiro atoms. The largest absolute Gasteiger partial charge is 0.323 e. The molecule has 70 valence electrons. The molecule has 3 heteroatoms. The molecule has 0 fully saturated rings. The standard InChI is InChI=1S/C10H13BrN2/c1-2-3-4-9(12)10-6-5-8(11)7-13-10/h2,5-7,9H,1,3-4,12H2/t9-/m0/s1. The Morgan fingerprint density at radius 2 is 2.38 bits per heavy atom. The summed E-state index contributed by atoms with van der Waals surface area (Å²) in [4.78, 5) is 4.22. The molecule has 2 N–H and O–H groups in total. The van der Waals surface area contributed by atoms with Gasteiger partial charge in [0.05, 0.1) is 5.69 Å². The molecule has 1 atom stereocenters. The average Bonchev–Trinajstić information content (AvgIpc) is 2.15. The lowest BCUT2D eigenvalue weighted by molar-refractivity contribution is 0.642. The van der Waals surface area contributed by atoms with Crippen LogP contribution < -0.4 is 5.73 Å². The second-order valence-electron chi connectivity index (χ2n) is 2.87. The van der Waals surface area contributed by atoms with Crippen LogP contribution in [0.25, 0.3) is 0 Å². The van der Waals surface area contributed by atoms with E-state index in [4.69, 9.17) is 5.73 Å². The van der Waals surface area contributed by atoms with Crippen LogP contribution in [-0.4, -0.2) is 4.98 Å². The third kappa shape index (κ3) is 3.28. The molecule has 0 unspecified atom stereocenters. The number of nitrogens with two attached hydrogens (primary N) is 1. The van der Waals surface area contributed by atoms with Crippen LogP contribution in [0.1, 0.15) is 24.6 Å². The van der Waals surface area contributed by atoms with Crippen molar-refractivity contribution in [3.63, 3.8) is 0 Å². The second-order valence-corrected chi connectivity index (χ2v) is 3.79. The van der Waals surface area contributed by atoms with Crippen molar-refractivity contribution in [1.82, 2.24) is 4.98 Å². The minimum atomic E-state index is 0.0195. The van der Waals surface area contributed by atoms with Crippen molar-refractivity contribution in [3.8, 4) is 0 Å². The molecule has 0 aromatic carbocycles. The smallest absolute Gasteiger partial charge is 0.0571 e. The molecule has 0 bridgehead atoms. The molecular formula is C10H13BrN2. The minimum absolute atomic E-state index is 0.0195. The maximum atomic E-state index is 5.91. The first-order valence-electron chi connectivity index (χ1n) is 4.22. The van der Waals surface area contributed by atoms with Crippen LogP contribution >= 0.6 is 15.9 Å². The van der Waals surface area contributed by atoms with Gasteiger partial charge in [-0.15, -0.1) is 6.58 Å². The van der Waals surface area contributed by atoms with E-state index in [1.54, 1.807) is 6.20 Å². The van der Waals surface area contributed by atoms with Crippen LogP contribution in [0.3, 0.4) is 0 Å². The SMILES string of the molecule is C=CCC[C@H](N)c1ccc(Br)cn1. The van der Waals surface area contributed by atoms with Gasteiger partial charge in [0, 0.05) is 16.7 Å². The van der Waals surface area contributed by atoms with Gasteiger partial charge in [-0.25, -0.2) is 0 Å². The molecule has 0 aliphatic carbocycles. The van der Waals surface area contributed by atoms with Gasteiger partial charge in [-0.2, -0.15) is 0 Å². The van der Waals surface area contributed by atoms with Crippen LogP contribution in [0.15, 0.2) is 35.5 Å². The van der Waals surface area contributed by atoms with Crippen molar-refractivity contribution in [2.75, 3.05) is 0 Å². The van der Waals surface area contributed by atoms with E-state index in [-0.39, 0.29) is 6.04 Å². The quantitative estimate of drug-likeness (QED) is 0.823. The molecule has 1 heterocycles. The van der Waals surface area contributed by atoms with E-state index in [1.807, 2.05) is 18.2 Å². The summed E-state index contributed by atoms with van der Waals surface area (Å²) in [6.45, 7) is 3.66. The summed E-state index contributed by atoms with van der Waals surface area (Å²) in [6, 6.07) is 3.92. The monoisotopic (exact) mass is 240 g/mol. The molecular weight excluding hydrogens is 228 g/mol. The van der Waals surface area contributed by atoms with E-state index in [9.17, 15) is 0 Å². The van der Waals surface area contributed by atoms with Gasteiger partial charge in [0.2, 0.25) is 0 Å². The third-order valence-corrected chi connectivity index (χ3v) is 2.28. The zero-order chi connectivity index (χ0) is 9.68. The Morgan fingerprint density at radius 1 is 1.62 bits per heavy atom. The van der Waals surface area contributed by atoms with E-state index in [2.05, 4.69) is 27.5 Å². The van der Waals surface area contributed by atoms with E-state index >= 15 is 0 Å². The van der Waals surface area contributed by atoms with Crippen molar-refractivity contribution in [2.24, 2.45) is 5.73 Å². The van der Waals surface area contributed by atoms with Gasteiger partial charge >= 0.3 is 0 Å². The van der Waals surface area contributed by atoms with Gasteiger partial charge in [0.25, 0.3) is 0 Å². The predicted molar refractivity (Wildman–Crippen MR) is 58.3 cm³/mol. The van der Waals surface area contributed by atoms with Gasteiger partial charge < -0.3 is 5.73 Å². The zero-order valence-electron chi connectivity index (χ0n) is 7.41. The van der Waals surface area contributed by atoms with Crippen LogP contribution in [0.2, 0.25) is 0 Å². The number of nitrogens with zero attached hydrogens (tertiary/aromatic N) is 1. The Morgan fingerprint density at radius 3 is 2.92 bits per heavy atom. The van der Waals surface area contributed by atoms with Crippen molar-refractivity contribution in [2.45, 2.75) is 18.9 Å². The highest BCUT2D eigenvalue weighted by Gasteiger charge is 2.05. The maximum Gasteiger partial charge on any atom is 0.0571 e. The average molecular weight is 241 g/mol. The van der Waals surface area contributed by atoms with E-state index in [0.29, 0.717) is 0 Å².